The van der Waals surface area contributed by atoms with E-state index in [1.54, 1.807) is 31.2 Å². The zero-order valence-corrected chi connectivity index (χ0v) is 10.9. The van der Waals surface area contributed by atoms with Crippen LogP contribution in [0.15, 0.2) is 46.3 Å². The Morgan fingerprint density at radius 2 is 2.05 bits per heavy atom. The van der Waals surface area contributed by atoms with Gasteiger partial charge in [0.25, 0.3) is 5.56 Å². The molecular formula is C14H14FN3O2. The summed E-state index contributed by atoms with van der Waals surface area (Å²) in [5, 5.41) is 11.5. The largest absolute Gasteiger partial charge is 0.409 e. The van der Waals surface area contributed by atoms with Crippen LogP contribution >= 0.6 is 0 Å². The molecule has 6 heteroatoms. The molecule has 0 fully saturated rings. The summed E-state index contributed by atoms with van der Waals surface area (Å²) in [5.41, 5.74) is 6.16. The minimum Gasteiger partial charge on any atom is -0.409 e. The molecule has 0 bridgehead atoms. The number of hydrogen-bond acceptors (Lipinski definition) is 3. The van der Waals surface area contributed by atoms with Crippen LogP contribution < -0.4 is 11.3 Å². The van der Waals surface area contributed by atoms with Crippen LogP contribution in [0.5, 0.6) is 0 Å². The van der Waals surface area contributed by atoms with Crippen molar-refractivity contribution in [1.82, 2.24) is 4.57 Å². The summed E-state index contributed by atoms with van der Waals surface area (Å²) in [6.45, 7) is 1.82. The standard InChI is InChI=1S/C14H14FN3O2/c1-9-6-7-11(13(16)17-20)14(19)18(9)8-10-4-2-3-5-12(10)15/h2-7,20H,8H2,1H3,(H2,16,17). The number of hydrogen-bond donors (Lipinski definition) is 2. The number of nitrogens with two attached hydrogens (primary N) is 1. The van der Waals surface area contributed by atoms with E-state index in [2.05, 4.69) is 5.16 Å². The summed E-state index contributed by atoms with van der Waals surface area (Å²) in [6, 6.07) is 9.37. The van der Waals surface area contributed by atoms with Crippen molar-refractivity contribution in [3.63, 3.8) is 0 Å². The van der Waals surface area contributed by atoms with Crippen LogP contribution in [0.25, 0.3) is 0 Å². The molecule has 20 heavy (non-hydrogen) atoms. The van der Waals surface area contributed by atoms with E-state index in [1.165, 1.54) is 16.7 Å². The highest BCUT2D eigenvalue weighted by Crippen LogP contribution is 2.09. The van der Waals surface area contributed by atoms with Gasteiger partial charge in [0.2, 0.25) is 0 Å². The lowest BCUT2D eigenvalue weighted by Gasteiger charge is -2.12. The van der Waals surface area contributed by atoms with Crippen LogP contribution in [-0.4, -0.2) is 15.6 Å². The summed E-state index contributed by atoms with van der Waals surface area (Å²) in [7, 11) is 0. The van der Waals surface area contributed by atoms with Gasteiger partial charge in [-0.3, -0.25) is 4.79 Å². The van der Waals surface area contributed by atoms with Gasteiger partial charge in [-0.05, 0) is 25.1 Å². The van der Waals surface area contributed by atoms with Gasteiger partial charge in [0.05, 0.1) is 12.1 Å². The van der Waals surface area contributed by atoms with Gasteiger partial charge in [-0.15, -0.1) is 0 Å². The molecule has 5 nitrogen and oxygen atoms in total. The number of aryl methyl sites for hydroxylation is 1. The van der Waals surface area contributed by atoms with Crippen molar-refractivity contribution < 1.29 is 9.60 Å². The Hall–Kier alpha value is -2.63. The normalized spacial score (nSPS) is 11.6. The maximum Gasteiger partial charge on any atom is 0.262 e. The van der Waals surface area contributed by atoms with E-state index >= 15 is 0 Å². The number of rotatable bonds is 3. The number of benzene rings is 1. The van der Waals surface area contributed by atoms with Gasteiger partial charge in [-0.1, -0.05) is 23.4 Å². The maximum atomic E-state index is 13.7. The lowest BCUT2D eigenvalue weighted by molar-refractivity contribution is 0.318. The topological polar surface area (TPSA) is 80.6 Å². The summed E-state index contributed by atoms with van der Waals surface area (Å²) in [6.07, 6.45) is 0. The highest BCUT2D eigenvalue weighted by atomic mass is 19.1. The molecule has 1 aromatic carbocycles. The lowest BCUT2D eigenvalue weighted by Crippen LogP contribution is -2.31. The molecule has 0 aliphatic carbocycles. The molecule has 0 saturated heterocycles. The van der Waals surface area contributed by atoms with E-state index in [4.69, 9.17) is 10.9 Å². The second-order valence-electron chi connectivity index (χ2n) is 4.36. The zero-order chi connectivity index (χ0) is 14.7. The van der Waals surface area contributed by atoms with Crippen molar-refractivity contribution in [3.8, 4) is 0 Å². The summed E-state index contributed by atoms with van der Waals surface area (Å²) < 4.78 is 15.0. The van der Waals surface area contributed by atoms with Gasteiger partial charge in [-0.25, -0.2) is 4.39 Å². The van der Waals surface area contributed by atoms with Gasteiger partial charge in [-0.2, -0.15) is 0 Å². The minimum atomic E-state index is -0.427. The van der Waals surface area contributed by atoms with Crippen LogP contribution in [0.1, 0.15) is 16.8 Å². The van der Waals surface area contributed by atoms with Gasteiger partial charge in [0.15, 0.2) is 5.84 Å². The Morgan fingerprint density at radius 3 is 2.70 bits per heavy atom. The fourth-order valence-corrected chi connectivity index (χ4v) is 1.91. The maximum absolute atomic E-state index is 13.7. The Balaban J connectivity index is 2.52. The first-order valence-electron chi connectivity index (χ1n) is 5.96. The van der Waals surface area contributed by atoms with Gasteiger partial charge in [0, 0.05) is 11.3 Å². The molecule has 0 aliphatic heterocycles. The van der Waals surface area contributed by atoms with Gasteiger partial charge >= 0.3 is 0 Å². The third-order valence-electron chi connectivity index (χ3n) is 3.06. The molecule has 0 atom stereocenters. The van der Waals surface area contributed by atoms with Crippen molar-refractivity contribution in [3.05, 3.63) is 69.4 Å². The molecule has 0 amide bonds. The van der Waals surface area contributed by atoms with E-state index in [1.807, 2.05) is 0 Å². The first-order chi connectivity index (χ1) is 9.54. The van der Waals surface area contributed by atoms with E-state index in [0.29, 0.717) is 11.3 Å². The molecule has 0 unspecified atom stereocenters. The molecular weight excluding hydrogens is 261 g/mol. The highest BCUT2D eigenvalue weighted by molar-refractivity contribution is 5.96. The number of amidine groups is 1. The Bertz CT molecular complexity index is 723. The first kappa shape index (κ1) is 13.8. The SMILES string of the molecule is Cc1ccc(/C(N)=N/O)c(=O)n1Cc1ccccc1F. The molecule has 3 N–H and O–H groups in total. The van der Waals surface area contributed by atoms with Crippen molar-refractivity contribution in [2.24, 2.45) is 10.9 Å². The van der Waals surface area contributed by atoms with Gasteiger partial charge < -0.3 is 15.5 Å². The fourth-order valence-electron chi connectivity index (χ4n) is 1.91. The van der Waals surface area contributed by atoms with Crippen molar-refractivity contribution in [2.75, 3.05) is 0 Å². The summed E-state index contributed by atoms with van der Waals surface area (Å²) in [4.78, 5) is 12.3. The highest BCUT2D eigenvalue weighted by Gasteiger charge is 2.11. The average molecular weight is 275 g/mol. The molecule has 1 heterocycles. The van der Waals surface area contributed by atoms with E-state index in [0.717, 1.165) is 0 Å². The van der Waals surface area contributed by atoms with E-state index in [9.17, 15) is 9.18 Å². The molecule has 0 saturated carbocycles. The summed E-state index contributed by atoms with van der Waals surface area (Å²) >= 11 is 0. The first-order valence-corrected chi connectivity index (χ1v) is 5.96. The monoisotopic (exact) mass is 275 g/mol. The fraction of sp³-hybridized carbons (Fsp3) is 0.143. The number of pyridine rings is 1. The second-order valence-corrected chi connectivity index (χ2v) is 4.36. The number of oxime groups is 1. The van der Waals surface area contributed by atoms with Crippen LogP contribution in [-0.2, 0) is 6.54 Å². The minimum absolute atomic E-state index is 0.0782. The Labute approximate surface area is 114 Å². The third kappa shape index (κ3) is 2.54. The second kappa shape index (κ2) is 5.56. The van der Waals surface area contributed by atoms with Crippen LogP contribution in [0, 0.1) is 12.7 Å². The van der Waals surface area contributed by atoms with Crippen molar-refractivity contribution in [2.45, 2.75) is 13.5 Å². The molecule has 0 radical (unpaired) electrons. The van der Waals surface area contributed by atoms with Crippen LogP contribution in [0.3, 0.4) is 0 Å². The summed E-state index contributed by atoms with van der Waals surface area (Å²) in [5.74, 6) is -0.648. The Morgan fingerprint density at radius 1 is 1.35 bits per heavy atom. The van der Waals surface area contributed by atoms with Gasteiger partial charge in [0.1, 0.15) is 5.82 Å². The molecule has 0 spiro atoms. The smallest absolute Gasteiger partial charge is 0.262 e. The predicted molar refractivity (Wildman–Crippen MR) is 73.5 cm³/mol. The molecule has 0 aliphatic rings. The molecule has 104 valence electrons. The number of halogens is 1. The van der Waals surface area contributed by atoms with Crippen molar-refractivity contribution >= 4 is 5.84 Å². The Kier molecular flexibility index (Phi) is 3.84. The molecule has 1 aromatic heterocycles. The zero-order valence-electron chi connectivity index (χ0n) is 10.9. The number of aromatic nitrogens is 1. The molecule has 2 aromatic rings. The third-order valence-corrected chi connectivity index (χ3v) is 3.06. The average Bonchev–Trinajstić information content (AvgIpc) is 2.44. The quantitative estimate of drug-likeness (QED) is 0.385. The van der Waals surface area contributed by atoms with E-state index in [-0.39, 0.29) is 23.8 Å². The number of nitrogens with zero attached hydrogens (tertiary/aromatic N) is 2. The lowest BCUT2D eigenvalue weighted by atomic mass is 10.1. The molecule has 2 rings (SSSR count). The van der Waals surface area contributed by atoms with E-state index < -0.39 is 5.56 Å². The van der Waals surface area contributed by atoms with Crippen LogP contribution in [0.4, 0.5) is 4.39 Å². The van der Waals surface area contributed by atoms with Crippen LogP contribution in [0.2, 0.25) is 0 Å². The van der Waals surface area contributed by atoms with Crippen molar-refractivity contribution in [1.29, 1.82) is 0 Å². The predicted octanol–water partition coefficient (Wildman–Crippen LogP) is 1.44.